The molecule has 0 aliphatic carbocycles. The van der Waals surface area contributed by atoms with Gasteiger partial charge >= 0.3 is 0 Å². The number of amides is 1. The van der Waals surface area contributed by atoms with Crippen LogP contribution >= 0.6 is 0 Å². The number of benzene rings is 1. The number of rotatable bonds is 5. The maximum atomic E-state index is 12.4. The predicted molar refractivity (Wildman–Crippen MR) is 75.3 cm³/mol. The van der Waals surface area contributed by atoms with Crippen molar-refractivity contribution in [1.29, 1.82) is 0 Å². The molecule has 0 saturated heterocycles. The molecule has 0 spiro atoms. The lowest BCUT2D eigenvalue weighted by atomic mass is 10.1. The van der Waals surface area contributed by atoms with Gasteiger partial charge in [-0.05, 0) is 31.5 Å². The van der Waals surface area contributed by atoms with E-state index in [1.165, 1.54) is 0 Å². The molecule has 0 atom stereocenters. The Bertz CT molecular complexity index is 461. The predicted octanol–water partition coefficient (Wildman–Crippen LogP) is 1.69. The maximum Gasteiger partial charge on any atom is 0.253 e. The first-order valence-corrected chi connectivity index (χ1v) is 7.06. The van der Waals surface area contributed by atoms with Crippen LogP contribution in [0.5, 0.6) is 11.5 Å². The minimum atomic E-state index is -0.0448. The molecule has 5 nitrogen and oxygen atoms in total. The van der Waals surface area contributed by atoms with Gasteiger partial charge in [0.05, 0.1) is 13.2 Å². The van der Waals surface area contributed by atoms with E-state index >= 15 is 0 Å². The van der Waals surface area contributed by atoms with Crippen molar-refractivity contribution in [2.45, 2.75) is 19.8 Å². The molecule has 20 heavy (non-hydrogen) atoms. The van der Waals surface area contributed by atoms with Crippen LogP contribution in [0.1, 0.15) is 30.1 Å². The third-order valence-electron chi connectivity index (χ3n) is 3.25. The quantitative estimate of drug-likeness (QED) is 0.891. The summed E-state index contributed by atoms with van der Waals surface area (Å²) in [6.45, 7) is 4.43. The van der Waals surface area contributed by atoms with E-state index in [9.17, 15) is 4.79 Å². The van der Waals surface area contributed by atoms with E-state index in [1.54, 1.807) is 23.1 Å². The monoisotopic (exact) mass is 279 g/mol. The number of nitrogens with zero attached hydrogens (tertiary/aromatic N) is 1. The molecule has 110 valence electrons. The summed E-state index contributed by atoms with van der Waals surface area (Å²) in [5, 5.41) is 8.88. The molecular weight excluding hydrogens is 258 g/mol. The van der Waals surface area contributed by atoms with Crippen molar-refractivity contribution < 1.29 is 19.4 Å². The van der Waals surface area contributed by atoms with Crippen molar-refractivity contribution in [3.05, 3.63) is 23.8 Å². The molecule has 1 aliphatic rings. The molecule has 0 aromatic heterocycles. The van der Waals surface area contributed by atoms with Crippen LogP contribution in [0, 0.1) is 0 Å². The third-order valence-corrected chi connectivity index (χ3v) is 3.25. The minimum absolute atomic E-state index is 0.0448. The smallest absolute Gasteiger partial charge is 0.253 e. The lowest BCUT2D eigenvalue weighted by Gasteiger charge is -2.21. The summed E-state index contributed by atoms with van der Waals surface area (Å²) in [6, 6.07) is 5.29. The van der Waals surface area contributed by atoms with Gasteiger partial charge in [0.1, 0.15) is 0 Å². The molecule has 1 N–H and O–H groups in total. The van der Waals surface area contributed by atoms with Gasteiger partial charge in [-0.1, -0.05) is 0 Å². The van der Waals surface area contributed by atoms with Gasteiger partial charge in [-0.25, -0.2) is 0 Å². The Morgan fingerprint density at radius 2 is 2.05 bits per heavy atom. The number of carbonyl (C=O) groups excluding carboxylic acids is 1. The fourth-order valence-corrected chi connectivity index (χ4v) is 2.14. The van der Waals surface area contributed by atoms with Gasteiger partial charge in [0.15, 0.2) is 11.5 Å². The number of fused-ring (bicyclic) bond motifs is 1. The number of hydrogen-bond acceptors (Lipinski definition) is 4. The molecule has 1 aromatic carbocycles. The van der Waals surface area contributed by atoms with Crippen molar-refractivity contribution in [1.82, 2.24) is 4.90 Å². The fraction of sp³-hybridized carbons (Fsp3) is 0.533. The van der Waals surface area contributed by atoms with Crippen LogP contribution in [0.2, 0.25) is 0 Å². The van der Waals surface area contributed by atoms with Gasteiger partial charge in [0.25, 0.3) is 5.91 Å². The molecule has 0 fully saturated rings. The lowest BCUT2D eigenvalue weighted by Crippen LogP contribution is -2.32. The topological polar surface area (TPSA) is 59.0 Å². The summed E-state index contributed by atoms with van der Waals surface area (Å²) < 4.78 is 11.1. The van der Waals surface area contributed by atoms with Gasteiger partial charge in [-0.3, -0.25) is 4.79 Å². The molecule has 0 unspecified atom stereocenters. The molecule has 0 saturated carbocycles. The van der Waals surface area contributed by atoms with Crippen LogP contribution in [0.3, 0.4) is 0 Å². The van der Waals surface area contributed by atoms with Gasteiger partial charge in [-0.15, -0.1) is 0 Å². The second-order valence-electron chi connectivity index (χ2n) is 4.67. The molecule has 1 aliphatic heterocycles. The Kier molecular flexibility index (Phi) is 5.24. The molecule has 2 rings (SSSR count). The van der Waals surface area contributed by atoms with Crippen molar-refractivity contribution in [3.63, 3.8) is 0 Å². The van der Waals surface area contributed by atoms with Gasteiger partial charge in [0.2, 0.25) is 0 Å². The highest BCUT2D eigenvalue weighted by Crippen LogP contribution is 2.30. The van der Waals surface area contributed by atoms with E-state index in [1.807, 2.05) is 6.92 Å². The zero-order valence-electron chi connectivity index (χ0n) is 11.8. The highest BCUT2D eigenvalue weighted by molar-refractivity contribution is 5.94. The highest BCUT2D eigenvalue weighted by atomic mass is 16.5. The van der Waals surface area contributed by atoms with Crippen molar-refractivity contribution in [3.8, 4) is 11.5 Å². The number of carbonyl (C=O) groups is 1. The molecule has 1 aromatic rings. The third kappa shape index (κ3) is 3.42. The average molecular weight is 279 g/mol. The largest absolute Gasteiger partial charge is 0.490 e. The first-order valence-electron chi connectivity index (χ1n) is 7.06. The number of ether oxygens (including phenoxy) is 2. The van der Waals surface area contributed by atoms with Gasteiger partial charge in [-0.2, -0.15) is 0 Å². The van der Waals surface area contributed by atoms with E-state index in [4.69, 9.17) is 14.6 Å². The fourth-order valence-electron chi connectivity index (χ4n) is 2.14. The first kappa shape index (κ1) is 14.7. The Morgan fingerprint density at radius 1 is 1.30 bits per heavy atom. The van der Waals surface area contributed by atoms with E-state index in [-0.39, 0.29) is 12.5 Å². The minimum Gasteiger partial charge on any atom is -0.490 e. The molecule has 1 amide bonds. The summed E-state index contributed by atoms with van der Waals surface area (Å²) in [6.07, 6.45) is 1.43. The summed E-state index contributed by atoms with van der Waals surface area (Å²) in [5.41, 5.74) is 0.592. The first-order chi connectivity index (χ1) is 9.76. The Hall–Kier alpha value is -1.75. The van der Waals surface area contributed by atoms with Crippen LogP contribution in [0.25, 0.3) is 0 Å². The van der Waals surface area contributed by atoms with Crippen LogP contribution in [-0.2, 0) is 0 Å². The highest BCUT2D eigenvalue weighted by Gasteiger charge is 2.17. The van der Waals surface area contributed by atoms with Crippen molar-refractivity contribution >= 4 is 5.91 Å². The summed E-state index contributed by atoms with van der Waals surface area (Å²) in [4.78, 5) is 14.1. The van der Waals surface area contributed by atoms with Crippen LogP contribution in [-0.4, -0.2) is 48.8 Å². The zero-order chi connectivity index (χ0) is 14.4. The second kappa shape index (κ2) is 7.14. The number of aliphatic hydroxyl groups is 1. The molecule has 5 heteroatoms. The second-order valence-corrected chi connectivity index (χ2v) is 4.67. The van der Waals surface area contributed by atoms with E-state index in [0.29, 0.717) is 49.8 Å². The lowest BCUT2D eigenvalue weighted by molar-refractivity contribution is 0.0754. The number of hydrogen-bond donors (Lipinski definition) is 1. The summed E-state index contributed by atoms with van der Waals surface area (Å²) in [5.74, 6) is 1.28. The van der Waals surface area contributed by atoms with Crippen molar-refractivity contribution in [2.24, 2.45) is 0 Å². The zero-order valence-corrected chi connectivity index (χ0v) is 11.8. The maximum absolute atomic E-state index is 12.4. The Morgan fingerprint density at radius 3 is 2.75 bits per heavy atom. The molecule has 1 heterocycles. The summed E-state index contributed by atoms with van der Waals surface area (Å²) >= 11 is 0. The average Bonchev–Trinajstić information content (AvgIpc) is 2.72. The molecule has 0 radical (unpaired) electrons. The van der Waals surface area contributed by atoms with Crippen LogP contribution in [0.4, 0.5) is 0 Å². The number of aliphatic hydroxyl groups excluding tert-OH is 1. The van der Waals surface area contributed by atoms with E-state index < -0.39 is 0 Å². The van der Waals surface area contributed by atoms with Gasteiger partial charge < -0.3 is 19.5 Å². The normalized spacial score (nSPS) is 13.7. The van der Waals surface area contributed by atoms with Crippen LogP contribution < -0.4 is 9.47 Å². The molecule has 0 bridgehead atoms. The standard InChI is InChI=1S/C15H21NO4/c1-2-16(7-3-8-17)15(18)12-5-6-13-14(11-12)20-10-4-9-19-13/h5-6,11,17H,2-4,7-10H2,1H3. The van der Waals surface area contributed by atoms with Crippen LogP contribution in [0.15, 0.2) is 18.2 Å². The SMILES string of the molecule is CCN(CCCO)C(=O)c1ccc2c(c1)OCCCO2. The Labute approximate surface area is 119 Å². The Balaban J connectivity index is 2.15. The summed E-state index contributed by atoms with van der Waals surface area (Å²) in [7, 11) is 0. The van der Waals surface area contributed by atoms with E-state index in [2.05, 4.69) is 0 Å². The van der Waals surface area contributed by atoms with Gasteiger partial charge in [0, 0.05) is 31.7 Å². The van der Waals surface area contributed by atoms with Crippen molar-refractivity contribution in [2.75, 3.05) is 32.9 Å². The van der Waals surface area contributed by atoms with E-state index in [0.717, 1.165) is 6.42 Å². The molecular formula is C15H21NO4.